The van der Waals surface area contributed by atoms with Crippen molar-refractivity contribution < 1.29 is 14.3 Å². The van der Waals surface area contributed by atoms with Crippen LogP contribution >= 0.6 is 0 Å². The SMILES string of the molecule is C[C@](O)(CCc1ccc(F)cc1)C(=O)Nc1ccccc1. The molecule has 1 amide bonds. The molecule has 3 nitrogen and oxygen atoms in total. The Morgan fingerprint density at radius 3 is 2.38 bits per heavy atom. The van der Waals surface area contributed by atoms with E-state index in [0.29, 0.717) is 12.1 Å². The van der Waals surface area contributed by atoms with Crippen LogP contribution in [0, 0.1) is 5.82 Å². The molecule has 0 aliphatic rings. The van der Waals surface area contributed by atoms with Gasteiger partial charge in [0.2, 0.25) is 0 Å². The van der Waals surface area contributed by atoms with Crippen LogP contribution in [0.1, 0.15) is 18.9 Å². The number of rotatable bonds is 5. The molecule has 0 bridgehead atoms. The van der Waals surface area contributed by atoms with Crippen molar-refractivity contribution in [1.29, 1.82) is 0 Å². The third-order valence-electron chi connectivity index (χ3n) is 3.33. The van der Waals surface area contributed by atoms with Crippen LogP contribution in [0.2, 0.25) is 0 Å². The van der Waals surface area contributed by atoms with E-state index in [1.165, 1.54) is 19.1 Å². The van der Waals surface area contributed by atoms with Crippen molar-refractivity contribution in [1.82, 2.24) is 0 Å². The van der Waals surface area contributed by atoms with Gasteiger partial charge in [0.15, 0.2) is 0 Å². The highest BCUT2D eigenvalue weighted by Crippen LogP contribution is 2.17. The minimum absolute atomic E-state index is 0.261. The Morgan fingerprint density at radius 2 is 1.76 bits per heavy atom. The van der Waals surface area contributed by atoms with Crippen molar-refractivity contribution in [3.8, 4) is 0 Å². The Balaban J connectivity index is 1.94. The molecule has 0 saturated heterocycles. The lowest BCUT2D eigenvalue weighted by molar-refractivity contribution is -0.132. The quantitative estimate of drug-likeness (QED) is 0.887. The molecule has 0 fully saturated rings. The van der Waals surface area contributed by atoms with Crippen molar-refractivity contribution in [3.05, 3.63) is 66.0 Å². The maximum Gasteiger partial charge on any atom is 0.256 e. The van der Waals surface area contributed by atoms with E-state index in [1.807, 2.05) is 18.2 Å². The molecule has 21 heavy (non-hydrogen) atoms. The summed E-state index contributed by atoms with van der Waals surface area (Å²) < 4.78 is 12.8. The Labute approximate surface area is 123 Å². The molecule has 0 radical (unpaired) electrons. The summed E-state index contributed by atoms with van der Waals surface area (Å²) in [6.45, 7) is 1.48. The number of anilines is 1. The lowest BCUT2D eigenvalue weighted by atomic mass is 9.96. The zero-order valence-corrected chi connectivity index (χ0v) is 11.8. The average Bonchev–Trinajstić information content (AvgIpc) is 2.48. The summed E-state index contributed by atoms with van der Waals surface area (Å²) in [7, 11) is 0. The van der Waals surface area contributed by atoms with Crippen LogP contribution in [0.4, 0.5) is 10.1 Å². The molecule has 2 N–H and O–H groups in total. The lowest BCUT2D eigenvalue weighted by Crippen LogP contribution is -2.40. The monoisotopic (exact) mass is 287 g/mol. The minimum atomic E-state index is -1.48. The zero-order chi connectivity index (χ0) is 15.3. The van der Waals surface area contributed by atoms with E-state index < -0.39 is 11.5 Å². The third kappa shape index (κ3) is 4.39. The molecule has 2 rings (SSSR count). The molecule has 2 aromatic rings. The summed E-state index contributed by atoms with van der Waals surface area (Å²) in [5.74, 6) is -0.747. The molecule has 0 unspecified atom stereocenters. The van der Waals surface area contributed by atoms with Gasteiger partial charge in [0.1, 0.15) is 11.4 Å². The minimum Gasteiger partial charge on any atom is -0.380 e. The van der Waals surface area contributed by atoms with Crippen LogP contribution in [0.5, 0.6) is 0 Å². The smallest absolute Gasteiger partial charge is 0.256 e. The van der Waals surface area contributed by atoms with Gasteiger partial charge in [0.25, 0.3) is 5.91 Å². The van der Waals surface area contributed by atoms with Gasteiger partial charge in [-0.05, 0) is 49.6 Å². The molecule has 0 heterocycles. The van der Waals surface area contributed by atoms with Crippen molar-refractivity contribution in [3.63, 3.8) is 0 Å². The highest BCUT2D eigenvalue weighted by atomic mass is 19.1. The Kier molecular flexibility index (Phi) is 4.70. The second-order valence-corrected chi connectivity index (χ2v) is 5.22. The first-order chi connectivity index (χ1) is 9.97. The summed E-state index contributed by atoms with van der Waals surface area (Å²) in [6, 6.07) is 15.0. The molecule has 0 aromatic heterocycles. The van der Waals surface area contributed by atoms with Crippen molar-refractivity contribution in [2.45, 2.75) is 25.4 Å². The van der Waals surface area contributed by atoms with Crippen LogP contribution < -0.4 is 5.32 Å². The number of benzene rings is 2. The molecular formula is C17H18FNO2. The number of halogens is 1. The first-order valence-corrected chi connectivity index (χ1v) is 6.81. The largest absolute Gasteiger partial charge is 0.380 e. The summed E-state index contributed by atoms with van der Waals surface area (Å²) in [4.78, 5) is 12.1. The van der Waals surface area contributed by atoms with E-state index in [1.54, 1.807) is 24.3 Å². The maximum absolute atomic E-state index is 12.8. The number of amides is 1. The molecule has 0 aliphatic heterocycles. The van der Waals surface area contributed by atoms with Crippen LogP contribution in [0.3, 0.4) is 0 Å². The summed E-state index contributed by atoms with van der Waals surface area (Å²) in [6.07, 6.45) is 0.757. The maximum atomic E-state index is 12.8. The van der Waals surface area contributed by atoms with E-state index >= 15 is 0 Å². The highest BCUT2D eigenvalue weighted by molar-refractivity contribution is 5.96. The van der Waals surface area contributed by atoms with Gasteiger partial charge >= 0.3 is 0 Å². The Morgan fingerprint density at radius 1 is 1.14 bits per heavy atom. The average molecular weight is 287 g/mol. The van der Waals surface area contributed by atoms with E-state index in [0.717, 1.165) is 5.56 Å². The van der Waals surface area contributed by atoms with Crippen LogP contribution in [-0.2, 0) is 11.2 Å². The van der Waals surface area contributed by atoms with Crippen LogP contribution in [-0.4, -0.2) is 16.6 Å². The second kappa shape index (κ2) is 6.50. The van der Waals surface area contributed by atoms with E-state index in [2.05, 4.69) is 5.32 Å². The van der Waals surface area contributed by atoms with Gasteiger partial charge in [-0.3, -0.25) is 4.79 Å². The number of nitrogens with one attached hydrogen (secondary N) is 1. The predicted octanol–water partition coefficient (Wildman–Crippen LogP) is 3.15. The van der Waals surface area contributed by atoms with Gasteiger partial charge in [-0.1, -0.05) is 30.3 Å². The summed E-state index contributed by atoms with van der Waals surface area (Å²) in [5, 5.41) is 13.0. The normalized spacial score (nSPS) is 13.5. The molecule has 0 saturated carbocycles. The number of aliphatic hydroxyl groups is 1. The van der Waals surface area contributed by atoms with Gasteiger partial charge in [-0.15, -0.1) is 0 Å². The fraction of sp³-hybridized carbons (Fsp3) is 0.235. The molecule has 1 atom stereocenters. The van der Waals surface area contributed by atoms with Crippen LogP contribution in [0.15, 0.2) is 54.6 Å². The van der Waals surface area contributed by atoms with Gasteiger partial charge in [0, 0.05) is 5.69 Å². The number of para-hydroxylation sites is 1. The fourth-order valence-corrected chi connectivity index (χ4v) is 1.94. The van der Waals surface area contributed by atoms with E-state index in [9.17, 15) is 14.3 Å². The fourth-order valence-electron chi connectivity index (χ4n) is 1.94. The predicted molar refractivity (Wildman–Crippen MR) is 80.4 cm³/mol. The van der Waals surface area contributed by atoms with Gasteiger partial charge in [-0.2, -0.15) is 0 Å². The standard InChI is InChI=1S/C17H18FNO2/c1-17(21,12-11-13-7-9-14(18)10-8-13)16(20)19-15-5-3-2-4-6-15/h2-10,21H,11-12H2,1H3,(H,19,20)/t17-/m0/s1. The number of hydrogen-bond acceptors (Lipinski definition) is 2. The summed E-state index contributed by atoms with van der Waals surface area (Å²) >= 11 is 0. The van der Waals surface area contributed by atoms with Crippen molar-refractivity contribution in [2.24, 2.45) is 0 Å². The molecule has 0 aliphatic carbocycles. The first kappa shape index (κ1) is 15.2. The lowest BCUT2D eigenvalue weighted by Gasteiger charge is -2.22. The number of carbonyl (C=O) groups excluding carboxylic acids is 1. The molecule has 4 heteroatoms. The van der Waals surface area contributed by atoms with Crippen LogP contribution in [0.25, 0.3) is 0 Å². The van der Waals surface area contributed by atoms with Gasteiger partial charge in [0.05, 0.1) is 0 Å². The third-order valence-corrected chi connectivity index (χ3v) is 3.33. The second-order valence-electron chi connectivity index (χ2n) is 5.22. The molecule has 110 valence electrons. The van der Waals surface area contributed by atoms with E-state index in [4.69, 9.17) is 0 Å². The van der Waals surface area contributed by atoms with E-state index in [-0.39, 0.29) is 12.2 Å². The van der Waals surface area contributed by atoms with Crippen molar-refractivity contribution in [2.75, 3.05) is 5.32 Å². The first-order valence-electron chi connectivity index (χ1n) is 6.81. The number of carbonyl (C=O) groups is 1. The Hall–Kier alpha value is -2.20. The zero-order valence-electron chi connectivity index (χ0n) is 11.8. The van der Waals surface area contributed by atoms with Crippen molar-refractivity contribution >= 4 is 11.6 Å². The molecule has 2 aromatic carbocycles. The summed E-state index contributed by atoms with van der Waals surface area (Å²) in [5.41, 5.74) is 0.0401. The van der Waals surface area contributed by atoms with Gasteiger partial charge < -0.3 is 10.4 Å². The highest BCUT2D eigenvalue weighted by Gasteiger charge is 2.29. The topological polar surface area (TPSA) is 49.3 Å². The van der Waals surface area contributed by atoms with Gasteiger partial charge in [-0.25, -0.2) is 4.39 Å². The molecule has 0 spiro atoms. The number of aryl methyl sites for hydroxylation is 1. The molecular weight excluding hydrogens is 269 g/mol. The Bertz CT molecular complexity index is 594. The number of hydrogen-bond donors (Lipinski definition) is 2.